The standard InChI is InChI=1S/C15H23NO4/c17-14(9-11-5-3-7-20-11)16-12-6-2-1-4-10(12)8-13(16)15(18)19/h10-13H,1-9H2,(H,18,19)/t10-,11-,12-,13-/m0/s1. The van der Waals surface area contributed by atoms with Crippen molar-refractivity contribution in [2.24, 2.45) is 5.92 Å². The molecule has 0 bridgehead atoms. The van der Waals surface area contributed by atoms with Crippen LogP contribution in [0, 0.1) is 5.92 Å². The summed E-state index contributed by atoms with van der Waals surface area (Å²) in [7, 11) is 0. The zero-order valence-electron chi connectivity index (χ0n) is 11.8. The van der Waals surface area contributed by atoms with Gasteiger partial charge in [-0.15, -0.1) is 0 Å². The van der Waals surface area contributed by atoms with Crippen molar-refractivity contribution in [3.63, 3.8) is 0 Å². The number of nitrogens with zero attached hydrogens (tertiary/aromatic N) is 1. The molecule has 0 aromatic carbocycles. The van der Waals surface area contributed by atoms with E-state index in [1.807, 2.05) is 0 Å². The van der Waals surface area contributed by atoms with Crippen molar-refractivity contribution in [3.8, 4) is 0 Å². The molecule has 1 amide bonds. The second-order valence-corrected chi connectivity index (χ2v) is 6.34. The molecule has 5 nitrogen and oxygen atoms in total. The largest absolute Gasteiger partial charge is 0.480 e. The Morgan fingerprint density at radius 1 is 1.15 bits per heavy atom. The molecule has 3 aliphatic rings. The van der Waals surface area contributed by atoms with Crippen LogP contribution in [0.1, 0.15) is 51.4 Å². The van der Waals surface area contributed by atoms with E-state index in [-0.39, 0.29) is 18.1 Å². The average molecular weight is 281 g/mol. The van der Waals surface area contributed by atoms with Gasteiger partial charge in [-0.25, -0.2) is 4.79 Å². The Hall–Kier alpha value is -1.10. The minimum absolute atomic E-state index is 0.000384. The molecule has 2 heterocycles. The Morgan fingerprint density at radius 2 is 1.95 bits per heavy atom. The third-order valence-corrected chi connectivity index (χ3v) is 5.09. The molecule has 112 valence electrons. The topological polar surface area (TPSA) is 66.8 Å². The second kappa shape index (κ2) is 5.72. The molecule has 2 aliphatic heterocycles. The maximum Gasteiger partial charge on any atom is 0.326 e. The summed E-state index contributed by atoms with van der Waals surface area (Å²) in [5.41, 5.74) is 0. The summed E-state index contributed by atoms with van der Waals surface area (Å²) in [6.45, 7) is 0.729. The molecular formula is C15H23NO4. The number of amides is 1. The lowest BCUT2D eigenvalue weighted by Gasteiger charge is -2.33. The SMILES string of the molecule is O=C(O)[C@@H]1C[C@@H]2CCCC[C@@H]2N1C(=O)C[C@@H]1CCCO1. The van der Waals surface area contributed by atoms with Crippen molar-refractivity contribution in [1.82, 2.24) is 4.90 Å². The van der Waals surface area contributed by atoms with Crippen LogP contribution in [-0.2, 0) is 14.3 Å². The number of fused-ring (bicyclic) bond motifs is 1. The lowest BCUT2D eigenvalue weighted by Crippen LogP contribution is -2.47. The lowest BCUT2D eigenvalue weighted by molar-refractivity contribution is -0.150. The fraction of sp³-hybridized carbons (Fsp3) is 0.867. The Morgan fingerprint density at radius 3 is 2.65 bits per heavy atom. The molecule has 0 aromatic rings. The molecule has 1 aliphatic carbocycles. The van der Waals surface area contributed by atoms with Gasteiger partial charge in [-0.05, 0) is 38.0 Å². The molecule has 20 heavy (non-hydrogen) atoms. The Kier molecular flexibility index (Phi) is 3.96. The van der Waals surface area contributed by atoms with E-state index < -0.39 is 12.0 Å². The van der Waals surface area contributed by atoms with Crippen LogP contribution < -0.4 is 0 Å². The number of hydrogen-bond acceptors (Lipinski definition) is 3. The van der Waals surface area contributed by atoms with Gasteiger partial charge in [0.25, 0.3) is 0 Å². The van der Waals surface area contributed by atoms with Crippen LogP contribution in [0.3, 0.4) is 0 Å². The van der Waals surface area contributed by atoms with Crippen molar-refractivity contribution in [2.45, 2.75) is 69.6 Å². The van der Waals surface area contributed by atoms with E-state index in [0.717, 1.165) is 38.7 Å². The minimum Gasteiger partial charge on any atom is -0.480 e. The van der Waals surface area contributed by atoms with Crippen molar-refractivity contribution >= 4 is 11.9 Å². The minimum atomic E-state index is -0.847. The summed E-state index contributed by atoms with van der Waals surface area (Å²) in [6, 6.07) is -0.462. The van der Waals surface area contributed by atoms with E-state index in [2.05, 4.69) is 0 Å². The molecule has 3 rings (SSSR count). The number of hydrogen-bond donors (Lipinski definition) is 1. The Bertz CT molecular complexity index is 391. The molecule has 5 heteroatoms. The molecule has 1 N–H and O–H groups in total. The van der Waals surface area contributed by atoms with E-state index in [1.54, 1.807) is 4.90 Å². The van der Waals surface area contributed by atoms with Crippen LogP contribution in [-0.4, -0.2) is 46.7 Å². The van der Waals surface area contributed by atoms with Crippen LogP contribution in [0.15, 0.2) is 0 Å². The molecule has 1 saturated carbocycles. The van der Waals surface area contributed by atoms with E-state index in [9.17, 15) is 14.7 Å². The molecule has 2 saturated heterocycles. The maximum absolute atomic E-state index is 12.6. The van der Waals surface area contributed by atoms with Gasteiger partial charge in [-0.3, -0.25) is 4.79 Å². The summed E-state index contributed by atoms with van der Waals surface area (Å²) < 4.78 is 5.52. The molecule has 3 fully saturated rings. The number of ether oxygens (including phenoxy) is 1. The highest BCUT2D eigenvalue weighted by molar-refractivity contribution is 5.85. The van der Waals surface area contributed by atoms with Gasteiger partial charge < -0.3 is 14.7 Å². The first kappa shape index (κ1) is 13.9. The van der Waals surface area contributed by atoms with Gasteiger partial charge in [0.1, 0.15) is 6.04 Å². The van der Waals surface area contributed by atoms with Crippen LogP contribution in [0.25, 0.3) is 0 Å². The zero-order chi connectivity index (χ0) is 14.1. The number of carboxylic acids is 1. The number of likely N-dealkylation sites (tertiary alicyclic amines) is 1. The summed E-state index contributed by atoms with van der Waals surface area (Å²) in [6.07, 6.45) is 7.23. The fourth-order valence-electron chi connectivity index (χ4n) is 4.14. The highest BCUT2D eigenvalue weighted by atomic mass is 16.5. The van der Waals surface area contributed by atoms with Crippen molar-refractivity contribution in [2.75, 3.05) is 6.61 Å². The smallest absolute Gasteiger partial charge is 0.326 e. The Labute approximate surface area is 119 Å². The Balaban J connectivity index is 1.72. The van der Waals surface area contributed by atoms with Crippen molar-refractivity contribution in [1.29, 1.82) is 0 Å². The predicted octanol–water partition coefficient (Wildman–Crippen LogP) is 1.80. The first-order valence-electron chi connectivity index (χ1n) is 7.82. The van der Waals surface area contributed by atoms with Crippen LogP contribution >= 0.6 is 0 Å². The van der Waals surface area contributed by atoms with Gasteiger partial charge in [-0.1, -0.05) is 12.8 Å². The van der Waals surface area contributed by atoms with Gasteiger partial charge in [0, 0.05) is 12.6 Å². The van der Waals surface area contributed by atoms with E-state index in [1.165, 1.54) is 6.42 Å². The van der Waals surface area contributed by atoms with Crippen molar-refractivity contribution < 1.29 is 19.4 Å². The first-order chi connectivity index (χ1) is 9.66. The molecule has 0 aromatic heterocycles. The molecule has 4 atom stereocenters. The molecule has 0 unspecified atom stereocenters. The zero-order valence-corrected chi connectivity index (χ0v) is 11.8. The third kappa shape index (κ3) is 2.55. The van der Waals surface area contributed by atoms with Crippen molar-refractivity contribution in [3.05, 3.63) is 0 Å². The highest BCUT2D eigenvalue weighted by Gasteiger charge is 2.47. The summed E-state index contributed by atoms with van der Waals surface area (Å²) >= 11 is 0. The second-order valence-electron chi connectivity index (χ2n) is 6.34. The molecule has 0 radical (unpaired) electrons. The van der Waals surface area contributed by atoms with Gasteiger partial charge in [-0.2, -0.15) is 0 Å². The lowest BCUT2D eigenvalue weighted by atomic mass is 9.84. The quantitative estimate of drug-likeness (QED) is 0.856. The number of carbonyl (C=O) groups is 2. The number of aliphatic carboxylic acids is 1. The first-order valence-corrected chi connectivity index (χ1v) is 7.82. The predicted molar refractivity (Wildman–Crippen MR) is 72.2 cm³/mol. The monoisotopic (exact) mass is 281 g/mol. The molecule has 0 spiro atoms. The number of carboxylic acid groups (broad SMARTS) is 1. The highest BCUT2D eigenvalue weighted by Crippen LogP contribution is 2.40. The van der Waals surface area contributed by atoms with Gasteiger partial charge in [0.05, 0.1) is 12.5 Å². The van der Waals surface area contributed by atoms with Gasteiger partial charge in [0.15, 0.2) is 0 Å². The average Bonchev–Trinajstić information content (AvgIpc) is 3.04. The summed E-state index contributed by atoms with van der Waals surface area (Å²) in [4.78, 5) is 25.7. The third-order valence-electron chi connectivity index (χ3n) is 5.09. The van der Waals surface area contributed by atoms with Crippen LogP contribution in [0.4, 0.5) is 0 Å². The summed E-state index contributed by atoms with van der Waals surface area (Å²) in [5, 5.41) is 9.42. The maximum atomic E-state index is 12.6. The molecular weight excluding hydrogens is 258 g/mol. The number of rotatable bonds is 3. The van der Waals surface area contributed by atoms with E-state index >= 15 is 0 Å². The van der Waals surface area contributed by atoms with Gasteiger partial charge >= 0.3 is 5.97 Å². The normalized spacial score (nSPS) is 36.9. The van der Waals surface area contributed by atoms with Gasteiger partial charge in [0.2, 0.25) is 5.91 Å². The summed E-state index contributed by atoms with van der Waals surface area (Å²) in [5.74, 6) is -0.475. The fourth-order valence-corrected chi connectivity index (χ4v) is 4.14. The van der Waals surface area contributed by atoms with E-state index in [0.29, 0.717) is 18.8 Å². The van der Waals surface area contributed by atoms with Crippen LogP contribution in [0.2, 0.25) is 0 Å². The van der Waals surface area contributed by atoms with E-state index in [4.69, 9.17) is 4.74 Å². The van der Waals surface area contributed by atoms with Crippen LogP contribution in [0.5, 0.6) is 0 Å². The number of carbonyl (C=O) groups excluding carboxylic acids is 1.